The molecule has 0 bridgehead atoms. The second-order valence-electron chi connectivity index (χ2n) is 9.50. The van der Waals surface area contributed by atoms with Gasteiger partial charge in [0, 0.05) is 12.1 Å². The minimum Gasteiger partial charge on any atom is -0.367 e. The number of hydrogen-bond acceptors (Lipinski definition) is 3. The maximum atomic E-state index is 13.0. The molecule has 0 aliphatic heterocycles. The number of nitrogens with two attached hydrogens (primary N) is 1. The van der Waals surface area contributed by atoms with Crippen molar-refractivity contribution in [3.63, 3.8) is 0 Å². The summed E-state index contributed by atoms with van der Waals surface area (Å²) in [5, 5.41) is 3.30. The van der Waals surface area contributed by atoms with Crippen LogP contribution in [0.1, 0.15) is 143 Å². The summed E-state index contributed by atoms with van der Waals surface area (Å²) in [6, 6.07) is 0. The molecule has 0 saturated carbocycles. The van der Waals surface area contributed by atoms with E-state index in [1.54, 1.807) is 6.92 Å². The molecule has 2 amide bonds. The van der Waals surface area contributed by atoms with E-state index in [0.717, 1.165) is 51.4 Å². The van der Waals surface area contributed by atoms with Crippen LogP contribution in [-0.4, -0.2) is 30.1 Å². The molecule has 5 nitrogen and oxygen atoms in total. The fourth-order valence-corrected chi connectivity index (χ4v) is 4.54. The van der Waals surface area contributed by atoms with Crippen LogP contribution < -0.4 is 11.1 Å². The molecule has 1 unspecified atom stereocenters. The van der Waals surface area contributed by atoms with Gasteiger partial charge in [-0.2, -0.15) is 0 Å². The zero-order valence-corrected chi connectivity index (χ0v) is 21.8. The minimum absolute atomic E-state index is 0.257. The van der Waals surface area contributed by atoms with E-state index in [0.29, 0.717) is 6.61 Å². The third-order valence-electron chi connectivity index (χ3n) is 6.49. The van der Waals surface area contributed by atoms with Crippen molar-refractivity contribution in [1.82, 2.24) is 5.32 Å². The first-order valence-electron chi connectivity index (χ1n) is 13.7. The molecule has 0 aromatic heterocycles. The number of hydrogen-bond donors (Lipinski definition) is 2. The van der Waals surface area contributed by atoms with Crippen LogP contribution in [0.5, 0.6) is 0 Å². The largest absolute Gasteiger partial charge is 0.367 e. The van der Waals surface area contributed by atoms with Crippen molar-refractivity contribution in [2.75, 3.05) is 6.61 Å². The minimum atomic E-state index is -1.19. The molecule has 5 heteroatoms. The van der Waals surface area contributed by atoms with E-state index >= 15 is 0 Å². The van der Waals surface area contributed by atoms with Crippen LogP contribution in [0.4, 0.5) is 0 Å². The van der Waals surface area contributed by atoms with E-state index in [-0.39, 0.29) is 11.4 Å². The lowest BCUT2D eigenvalue weighted by Gasteiger charge is -2.37. The second-order valence-corrected chi connectivity index (χ2v) is 9.50. The summed E-state index contributed by atoms with van der Waals surface area (Å²) < 4.78 is 5.39. The monoisotopic (exact) mass is 454 g/mol. The Morgan fingerprint density at radius 2 is 1.06 bits per heavy atom. The molecule has 0 aliphatic carbocycles. The maximum Gasteiger partial charge on any atom is 0.259 e. The first-order valence-corrected chi connectivity index (χ1v) is 13.7. The summed E-state index contributed by atoms with van der Waals surface area (Å²) in [7, 11) is 0. The van der Waals surface area contributed by atoms with Gasteiger partial charge in [-0.05, 0) is 26.2 Å². The molecule has 3 N–H and O–H groups in total. The van der Waals surface area contributed by atoms with E-state index in [1.807, 2.05) is 0 Å². The average molecular weight is 455 g/mol. The summed E-state index contributed by atoms with van der Waals surface area (Å²) in [4.78, 5) is 24.9. The highest BCUT2D eigenvalue weighted by molar-refractivity contribution is 6.02. The van der Waals surface area contributed by atoms with Crippen LogP contribution in [0, 0.1) is 0 Å². The van der Waals surface area contributed by atoms with Crippen LogP contribution in [-0.2, 0) is 14.3 Å². The van der Waals surface area contributed by atoms with Crippen molar-refractivity contribution < 1.29 is 14.3 Å². The predicted molar refractivity (Wildman–Crippen MR) is 136 cm³/mol. The Hall–Kier alpha value is -1.10. The number of rotatable bonds is 23. The molecular formula is C27H54N2O3. The summed E-state index contributed by atoms with van der Waals surface area (Å²) >= 11 is 0. The number of carbonyl (C=O) groups is 2. The van der Waals surface area contributed by atoms with Gasteiger partial charge in [-0.1, -0.05) is 117 Å². The summed E-state index contributed by atoms with van der Waals surface area (Å²) in [6.07, 6.45) is 19.9. The van der Waals surface area contributed by atoms with Crippen LogP contribution >= 0.6 is 0 Å². The lowest BCUT2D eigenvalue weighted by molar-refractivity contribution is -0.144. The lowest BCUT2D eigenvalue weighted by Crippen LogP contribution is -2.55. The van der Waals surface area contributed by atoms with Crippen molar-refractivity contribution in [3.05, 3.63) is 0 Å². The average Bonchev–Trinajstić information content (AvgIpc) is 2.76. The molecule has 0 heterocycles. The SMILES string of the molecule is CCCCCCCCC(CCCCC)(CCCCCCCC)NC(=O)C(OCC)C(N)=O. The number of nitrogens with one attached hydrogen (secondary N) is 1. The molecular weight excluding hydrogens is 400 g/mol. The van der Waals surface area contributed by atoms with Gasteiger partial charge in [0.1, 0.15) is 0 Å². The van der Waals surface area contributed by atoms with Gasteiger partial charge in [0.15, 0.2) is 0 Å². The summed E-state index contributed by atoms with van der Waals surface area (Å²) in [5.74, 6) is -1.06. The first-order chi connectivity index (χ1) is 15.5. The third-order valence-corrected chi connectivity index (χ3v) is 6.49. The second kappa shape index (κ2) is 20.5. The third kappa shape index (κ3) is 14.9. The van der Waals surface area contributed by atoms with Crippen LogP contribution in [0.3, 0.4) is 0 Å². The molecule has 32 heavy (non-hydrogen) atoms. The fraction of sp³-hybridized carbons (Fsp3) is 0.926. The van der Waals surface area contributed by atoms with Crippen molar-refractivity contribution >= 4 is 11.8 Å². The topological polar surface area (TPSA) is 81.4 Å². The Kier molecular flexibility index (Phi) is 19.8. The molecule has 0 spiro atoms. The molecule has 0 fully saturated rings. The highest BCUT2D eigenvalue weighted by atomic mass is 16.5. The number of carbonyl (C=O) groups excluding carboxylic acids is 2. The normalized spacial score (nSPS) is 12.6. The lowest BCUT2D eigenvalue weighted by atomic mass is 9.81. The Balaban J connectivity index is 5.24. The van der Waals surface area contributed by atoms with Crippen molar-refractivity contribution in [3.8, 4) is 0 Å². The molecule has 190 valence electrons. The molecule has 0 saturated heterocycles. The van der Waals surface area contributed by atoms with Gasteiger partial charge in [0.25, 0.3) is 11.8 Å². The molecule has 0 rings (SSSR count). The van der Waals surface area contributed by atoms with Gasteiger partial charge in [0.05, 0.1) is 0 Å². The van der Waals surface area contributed by atoms with E-state index < -0.39 is 12.0 Å². The Labute approximate surface area is 199 Å². The zero-order chi connectivity index (χ0) is 24.1. The highest BCUT2D eigenvalue weighted by Gasteiger charge is 2.35. The fourth-order valence-electron chi connectivity index (χ4n) is 4.54. The summed E-state index contributed by atoms with van der Waals surface area (Å²) in [5.41, 5.74) is 5.22. The molecule has 0 radical (unpaired) electrons. The van der Waals surface area contributed by atoms with Gasteiger partial charge in [-0.25, -0.2) is 0 Å². The molecule has 0 aromatic rings. The van der Waals surface area contributed by atoms with E-state index in [9.17, 15) is 9.59 Å². The quantitative estimate of drug-likeness (QED) is 0.131. The van der Waals surface area contributed by atoms with Gasteiger partial charge >= 0.3 is 0 Å². The van der Waals surface area contributed by atoms with Crippen molar-refractivity contribution in [2.24, 2.45) is 5.73 Å². The molecule has 0 aliphatic rings. The van der Waals surface area contributed by atoms with Crippen molar-refractivity contribution in [2.45, 2.75) is 155 Å². The summed E-state index contributed by atoms with van der Waals surface area (Å²) in [6.45, 7) is 8.76. The van der Waals surface area contributed by atoms with E-state index in [1.165, 1.54) is 64.2 Å². The number of amides is 2. The van der Waals surface area contributed by atoms with Gasteiger partial charge < -0.3 is 15.8 Å². The predicted octanol–water partition coefficient (Wildman–Crippen LogP) is 6.81. The molecule has 1 atom stereocenters. The Morgan fingerprint density at radius 1 is 0.688 bits per heavy atom. The number of unbranched alkanes of at least 4 members (excludes halogenated alkanes) is 12. The van der Waals surface area contributed by atoms with Crippen LogP contribution in [0.25, 0.3) is 0 Å². The smallest absolute Gasteiger partial charge is 0.259 e. The van der Waals surface area contributed by atoms with Crippen LogP contribution in [0.15, 0.2) is 0 Å². The molecule has 0 aromatic carbocycles. The van der Waals surface area contributed by atoms with Gasteiger partial charge in [-0.3, -0.25) is 9.59 Å². The maximum absolute atomic E-state index is 13.0. The van der Waals surface area contributed by atoms with Crippen LogP contribution in [0.2, 0.25) is 0 Å². The van der Waals surface area contributed by atoms with Gasteiger partial charge in [-0.15, -0.1) is 0 Å². The first kappa shape index (κ1) is 30.9. The standard InChI is InChI=1S/C27H54N2O3/c1-5-9-12-14-16-19-22-27(21-18-11-7-3,23-20-17-15-13-10-6-2)29-26(31)24(25(28)30)32-8-4/h24H,5-23H2,1-4H3,(H2,28,30)(H,29,31). The highest BCUT2D eigenvalue weighted by Crippen LogP contribution is 2.29. The Bertz CT molecular complexity index is 452. The zero-order valence-electron chi connectivity index (χ0n) is 21.8. The van der Waals surface area contributed by atoms with Crippen molar-refractivity contribution in [1.29, 1.82) is 0 Å². The Morgan fingerprint density at radius 3 is 1.47 bits per heavy atom. The number of ether oxygens (including phenoxy) is 1. The number of primary amides is 1. The van der Waals surface area contributed by atoms with E-state index in [4.69, 9.17) is 10.5 Å². The van der Waals surface area contributed by atoms with E-state index in [2.05, 4.69) is 26.1 Å². The van der Waals surface area contributed by atoms with Gasteiger partial charge in [0.2, 0.25) is 6.10 Å².